The number of aryl methyl sites for hydroxylation is 1. The number of rotatable bonds is 4. The molecule has 0 bridgehead atoms. The summed E-state index contributed by atoms with van der Waals surface area (Å²) in [7, 11) is 0. The molecule has 3 rings (SSSR count). The van der Waals surface area contributed by atoms with Crippen molar-refractivity contribution in [3.05, 3.63) is 41.5 Å². The highest BCUT2D eigenvalue weighted by Crippen LogP contribution is 2.52. The Labute approximate surface area is 113 Å². The second-order valence-electron chi connectivity index (χ2n) is 5.43. The van der Waals surface area contributed by atoms with Crippen molar-refractivity contribution in [3.63, 3.8) is 0 Å². The first-order chi connectivity index (χ1) is 9.17. The van der Waals surface area contributed by atoms with Crippen LogP contribution in [-0.2, 0) is 12.0 Å². The fraction of sp³-hybridized carbons (Fsp3) is 0.467. The maximum atomic E-state index is 5.78. The molecule has 1 fully saturated rings. The summed E-state index contributed by atoms with van der Waals surface area (Å²) in [5.41, 5.74) is 7.97. The minimum atomic E-state index is 0.0735. The van der Waals surface area contributed by atoms with Gasteiger partial charge in [0.1, 0.15) is 11.6 Å². The molecule has 1 aliphatic carbocycles. The molecular weight excluding hydrogens is 236 g/mol. The van der Waals surface area contributed by atoms with Gasteiger partial charge >= 0.3 is 0 Å². The van der Waals surface area contributed by atoms with Gasteiger partial charge in [0.25, 0.3) is 0 Å². The maximum absolute atomic E-state index is 5.78. The van der Waals surface area contributed by atoms with Crippen molar-refractivity contribution in [1.82, 2.24) is 14.8 Å². The molecule has 1 aromatic carbocycles. The summed E-state index contributed by atoms with van der Waals surface area (Å²) >= 11 is 0. The molecule has 4 nitrogen and oxygen atoms in total. The van der Waals surface area contributed by atoms with Crippen LogP contribution in [-0.4, -0.2) is 14.8 Å². The quantitative estimate of drug-likeness (QED) is 0.856. The van der Waals surface area contributed by atoms with Gasteiger partial charge in [-0.2, -0.15) is 0 Å². The normalized spacial score (nSPS) is 16.5. The highest BCUT2D eigenvalue weighted by molar-refractivity contribution is 5.46. The molecule has 0 spiro atoms. The van der Waals surface area contributed by atoms with Gasteiger partial charge in [-0.15, -0.1) is 10.2 Å². The number of aromatic nitrogens is 3. The van der Waals surface area contributed by atoms with Gasteiger partial charge in [0.05, 0.1) is 5.41 Å². The minimum absolute atomic E-state index is 0.0735. The fourth-order valence-electron chi connectivity index (χ4n) is 2.79. The molecule has 0 atom stereocenters. The van der Waals surface area contributed by atoms with Gasteiger partial charge in [-0.3, -0.25) is 0 Å². The fourth-order valence-corrected chi connectivity index (χ4v) is 2.79. The number of hydrogen-bond acceptors (Lipinski definition) is 3. The van der Waals surface area contributed by atoms with Gasteiger partial charge in [0.15, 0.2) is 0 Å². The zero-order valence-electron chi connectivity index (χ0n) is 11.6. The Hall–Kier alpha value is -1.84. The zero-order valence-corrected chi connectivity index (χ0v) is 11.6. The molecule has 1 aliphatic rings. The average molecular weight is 256 g/mol. The SMILES string of the molecule is CCCn1c(C)nnc1C1(c2ccc(N)cc2)CC1. The molecule has 4 heteroatoms. The van der Waals surface area contributed by atoms with Crippen molar-refractivity contribution < 1.29 is 0 Å². The largest absolute Gasteiger partial charge is 0.399 e. The molecule has 2 aromatic rings. The van der Waals surface area contributed by atoms with Gasteiger partial charge in [-0.1, -0.05) is 19.1 Å². The Kier molecular flexibility index (Phi) is 2.81. The summed E-state index contributed by atoms with van der Waals surface area (Å²) < 4.78 is 2.27. The van der Waals surface area contributed by atoms with Crippen LogP contribution in [0.15, 0.2) is 24.3 Å². The van der Waals surface area contributed by atoms with E-state index in [-0.39, 0.29) is 5.41 Å². The molecule has 1 heterocycles. The number of hydrogen-bond donors (Lipinski definition) is 1. The van der Waals surface area contributed by atoms with Crippen molar-refractivity contribution in [2.24, 2.45) is 0 Å². The second kappa shape index (κ2) is 4.37. The topological polar surface area (TPSA) is 56.7 Å². The van der Waals surface area contributed by atoms with Crippen LogP contribution in [0.25, 0.3) is 0 Å². The van der Waals surface area contributed by atoms with Crippen molar-refractivity contribution in [3.8, 4) is 0 Å². The van der Waals surface area contributed by atoms with Crippen LogP contribution in [0, 0.1) is 6.92 Å². The molecule has 0 unspecified atom stereocenters. The van der Waals surface area contributed by atoms with E-state index in [2.05, 4.69) is 33.8 Å². The van der Waals surface area contributed by atoms with Gasteiger partial charge < -0.3 is 10.3 Å². The number of nitrogens with two attached hydrogens (primary N) is 1. The van der Waals surface area contributed by atoms with Crippen molar-refractivity contribution >= 4 is 5.69 Å². The molecule has 19 heavy (non-hydrogen) atoms. The van der Waals surface area contributed by atoms with E-state index in [0.717, 1.165) is 43.1 Å². The summed E-state index contributed by atoms with van der Waals surface area (Å²) in [4.78, 5) is 0. The molecular formula is C15H20N4. The van der Waals surface area contributed by atoms with E-state index in [0.29, 0.717) is 0 Å². The summed E-state index contributed by atoms with van der Waals surface area (Å²) in [6.45, 7) is 5.21. The third-order valence-corrected chi connectivity index (χ3v) is 4.02. The summed E-state index contributed by atoms with van der Waals surface area (Å²) in [6.07, 6.45) is 3.40. The third-order valence-electron chi connectivity index (χ3n) is 4.02. The Morgan fingerprint density at radius 2 is 1.89 bits per heavy atom. The molecule has 0 aliphatic heterocycles. The Bertz CT molecular complexity index is 579. The lowest BCUT2D eigenvalue weighted by Gasteiger charge is -2.17. The van der Waals surface area contributed by atoms with Crippen LogP contribution < -0.4 is 5.73 Å². The highest BCUT2D eigenvalue weighted by Gasteiger charge is 2.49. The predicted molar refractivity (Wildman–Crippen MR) is 75.9 cm³/mol. The van der Waals surface area contributed by atoms with Crippen LogP contribution in [0.2, 0.25) is 0 Å². The molecule has 1 saturated carbocycles. The first kappa shape index (κ1) is 12.2. The number of benzene rings is 1. The lowest BCUT2D eigenvalue weighted by molar-refractivity contribution is 0.590. The van der Waals surface area contributed by atoms with E-state index < -0.39 is 0 Å². The van der Waals surface area contributed by atoms with E-state index in [1.807, 2.05) is 19.1 Å². The second-order valence-corrected chi connectivity index (χ2v) is 5.43. The Morgan fingerprint density at radius 1 is 1.21 bits per heavy atom. The van der Waals surface area contributed by atoms with E-state index >= 15 is 0 Å². The molecule has 0 saturated heterocycles. The summed E-state index contributed by atoms with van der Waals surface area (Å²) in [5.74, 6) is 2.13. The van der Waals surface area contributed by atoms with Gasteiger partial charge in [-0.05, 0) is 43.9 Å². The predicted octanol–water partition coefficient (Wildman–Crippen LogP) is 2.66. The van der Waals surface area contributed by atoms with E-state index in [1.54, 1.807) is 0 Å². The summed E-state index contributed by atoms with van der Waals surface area (Å²) in [5, 5.41) is 8.72. The third kappa shape index (κ3) is 1.91. The van der Waals surface area contributed by atoms with Gasteiger partial charge in [-0.25, -0.2) is 0 Å². The highest BCUT2D eigenvalue weighted by atomic mass is 15.3. The van der Waals surface area contributed by atoms with Crippen LogP contribution in [0.4, 0.5) is 5.69 Å². The first-order valence-corrected chi connectivity index (χ1v) is 6.93. The molecule has 0 radical (unpaired) electrons. The first-order valence-electron chi connectivity index (χ1n) is 6.93. The Morgan fingerprint density at radius 3 is 2.47 bits per heavy atom. The van der Waals surface area contributed by atoms with Crippen LogP contribution in [0.5, 0.6) is 0 Å². The van der Waals surface area contributed by atoms with Gasteiger partial charge in [0, 0.05) is 12.2 Å². The lowest BCUT2D eigenvalue weighted by atomic mass is 9.94. The van der Waals surface area contributed by atoms with E-state index in [4.69, 9.17) is 5.73 Å². The maximum Gasteiger partial charge on any atom is 0.143 e. The molecule has 1 aromatic heterocycles. The van der Waals surface area contributed by atoms with Crippen molar-refractivity contribution in [2.45, 2.75) is 45.1 Å². The van der Waals surface area contributed by atoms with Crippen LogP contribution in [0.1, 0.15) is 43.4 Å². The van der Waals surface area contributed by atoms with Crippen molar-refractivity contribution in [1.29, 1.82) is 0 Å². The molecule has 100 valence electrons. The summed E-state index contributed by atoms with van der Waals surface area (Å²) in [6, 6.07) is 8.21. The average Bonchev–Trinajstić information content (AvgIpc) is 3.12. The van der Waals surface area contributed by atoms with Crippen LogP contribution >= 0.6 is 0 Å². The van der Waals surface area contributed by atoms with Gasteiger partial charge in [0.2, 0.25) is 0 Å². The standard InChI is InChI=1S/C15H20N4/c1-3-10-19-11(2)17-18-14(19)15(8-9-15)12-4-6-13(16)7-5-12/h4-7H,3,8-10,16H2,1-2H3. The monoisotopic (exact) mass is 256 g/mol. The smallest absolute Gasteiger partial charge is 0.143 e. The number of anilines is 1. The molecule has 2 N–H and O–H groups in total. The number of nitrogens with zero attached hydrogens (tertiary/aromatic N) is 3. The lowest BCUT2D eigenvalue weighted by Crippen LogP contribution is -2.17. The zero-order chi connectivity index (χ0) is 13.5. The Balaban J connectivity index is 2.03. The van der Waals surface area contributed by atoms with E-state index in [1.165, 1.54) is 5.56 Å². The van der Waals surface area contributed by atoms with E-state index in [9.17, 15) is 0 Å². The number of nitrogen functional groups attached to an aromatic ring is 1. The van der Waals surface area contributed by atoms with Crippen molar-refractivity contribution in [2.75, 3.05) is 5.73 Å². The van der Waals surface area contributed by atoms with Crippen LogP contribution in [0.3, 0.4) is 0 Å². The molecule has 0 amide bonds. The minimum Gasteiger partial charge on any atom is -0.399 e.